The number of ether oxygens (including phenoxy) is 2. The highest BCUT2D eigenvalue weighted by Crippen LogP contribution is 2.42. The maximum absolute atomic E-state index is 6.10. The van der Waals surface area contributed by atoms with Gasteiger partial charge in [0.05, 0.1) is 12.7 Å². The first-order chi connectivity index (χ1) is 12.2. The lowest BCUT2D eigenvalue weighted by atomic mass is 10.0. The number of methoxy groups -OCH3 is 1. The molecule has 1 aromatic heterocycles. The number of benzene rings is 2. The smallest absolute Gasteiger partial charge is 0.205 e. The molecule has 2 heterocycles. The van der Waals surface area contributed by atoms with Crippen LogP contribution < -0.4 is 9.47 Å². The monoisotopic (exact) mass is 368 g/mol. The van der Waals surface area contributed by atoms with Gasteiger partial charge in [-0.25, -0.2) is 4.98 Å². The zero-order valence-corrected chi connectivity index (χ0v) is 15.5. The average Bonchev–Trinajstić information content (AvgIpc) is 2.66. The molecule has 0 radical (unpaired) electrons. The number of aromatic nitrogens is 2. The van der Waals surface area contributed by atoms with E-state index >= 15 is 0 Å². The number of nitrogens with one attached hydrogen (secondary N) is 1. The third kappa shape index (κ3) is 2.92. The van der Waals surface area contributed by atoms with E-state index < -0.39 is 0 Å². The van der Waals surface area contributed by atoms with Crippen LogP contribution in [0.5, 0.6) is 17.4 Å². The number of H-pyrrole nitrogens is 1. The predicted molar refractivity (Wildman–Crippen MR) is 103 cm³/mol. The second-order valence-corrected chi connectivity index (χ2v) is 6.92. The predicted octanol–water partition coefficient (Wildman–Crippen LogP) is 5.23. The molecule has 0 spiro atoms. The second kappa shape index (κ2) is 6.54. The lowest BCUT2D eigenvalue weighted by Gasteiger charge is -2.22. The first-order valence-electron chi connectivity index (χ1n) is 7.81. The Balaban J connectivity index is 1.78. The van der Waals surface area contributed by atoms with Crippen LogP contribution in [0, 0.1) is 4.64 Å². The second-order valence-electron chi connectivity index (χ2n) is 5.65. The molecule has 1 N–H and O–H groups in total. The van der Waals surface area contributed by atoms with Crippen molar-refractivity contribution >= 4 is 24.0 Å². The third-order valence-corrected chi connectivity index (χ3v) is 5.27. The van der Waals surface area contributed by atoms with Gasteiger partial charge in [0.2, 0.25) is 5.88 Å². The molecule has 0 fully saturated rings. The lowest BCUT2D eigenvalue weighted by Crippen LogP contribution is -2.08. The van der Waals surface area contributed by atoms with Crippen LogP contribution in [0.15, 0.2) is 47.4 Å². The van der Waals surface area contributed by atoms with Gasteiger partial charge in [-0.1, -0.05) is 36.5 Å². The molecule has 2 aromatic carbocycles. The minimum Gasteiger partial charge on any atom is -0.493 e. The van der Waals surface area contributed by atoms with E-state index in [1.165, 1.54) is 4.90 Å². The standard InChI is InChI=1S/C19H16N2O2S2/c1-22-15-5-3-4-12-10-14-18(23-16(12)15)20-17(21-19(14)24)11-6-8-13(25-2)9-7-11/h3-9H,10H2,1-2H3,(H,20,21,24). The maximum atomic E-state index is 6.10. The Bertz CT molecular complexity index is 997. The summed E-state index contributed by atoms with van der Waals surface area (Å²) in [5.41, 5.74) is 2.92. The van der Waals surface area contributed by atoms with Crippen LogP contribution >= 0.6 is 24.0 Å². The normalized spacial score (nSPS) is 12.1. The SMILES string of the molecule is COc1cccc2c1Oc1[nH]c(-c3ccc(SC)cc3)nc(=S)c1C2. The van der Waals surface area contributed by atoms with Crippen LogP contribution in [0.3, 0.4) is 0 Å². The highest BCUT2D eigenvalue weighted by molar-refractivity contribution is 7.98. The van der Waals surface area contributed by atoms with E-state index in [4.69, 9.17) is 21.7 Å². The number of nitrogens with zero attached hydrogens (tertiary/aromatic N) is 1. The zero-order chi connectivity index (χ0) is 17.4. The van der Waals surface area contributed by atoms with Gasteiger partial charge in [-0.15, -0.1) is 11.8 Å². The first kappa shape index (κ1) is 16.2. The molecule has 0 atom stereocenters. The summed E-state index contributed by atoms with van der Waals surface area (Å²) in [7, 11) is 1.64. The van der Waals surface area contributed by atoms with Crippen LogP contribution in [-0.2, 0) is 6.42 Å². The Hall–Kier alpha value is -2.31. The summed E-state index contributed by atoms with van der Waals surface area (Å²) < 4.78 is 12.1. The van der Waals surface area contributed by atoms with Crippen LogP contribution in [0.4, 0.5) is 0 Å². The molecular formula is C19H16N2O2S2. The molecule has 0 saturated heterocycles. The Morgan fingerprint density at radius 1 is 1.20 bits per heavy atom. The van der Waals surface area contributed by atoms with Crippen LogP contribution in [0.1, 0.15) is 11.1 Å². The van der Waals surface area contributed by atoms with Crippen molar-refractivity contribution in [1.82, 2.24) is 9.97 Å². The van der Waals surface area contributed by atoms with Crippen molar-refractivity contribution in [2.45, 2.75) is 11.3 Å². The van der Waals surface area contributed by atoms with Gasteiger partial charge in [0.25, 0.3) is 0 Å². The molecule has 4 rings (SSSR count). The molecule has 1 aliphatic rings. The Labute approximate surface area is 155 Å². The minimum atomic E-state index is 0.561. The van der Waals surface area contributed by atoms with Crippen molar-refractivity contribution in [3.63, 3.8) is 0 Å². The van der Waals surface area contributed by atoms with E-state index in [0.29, 0.717) is 28.5 Å². The Morgan fingerprint density at radius 2 is 2.00 bits per heavy atom. The van der Waals surface area contributed by atoms with Gasteiger partial charge < -0.3 is 14.5 Å². The summed E-state index contributed by atoms with van der Waals surface area (Å²) in [5.74, 6) is 2.79. The number of rotatable bonds is 3. The highest BCUT2D eigenvalue weighted by atomic mass is 32.2. The maximum Gasteiger partial charge on any atom is 0.205 e. The number of aromatic amines is 1. The van der Waals surface area contributed by atoms with E-state index in [0.717, 1.165) is 22.4 Å². The topological polar surface area (TPSA) is 47.1 Å². The van der Waals surface area contributed by atoms with Gasteiger partial charge in [-0.2, -0.15) is 0 Å². The van der Waals surface area contributed by atoms with E-state index in [9.17, 15) is 0 Å². The van der Waals surface area contributed by atoms with Crippen molar-refractivity contribution in [1.29, 1.82) is 0 Å². The molecule has 0 bridgehead atoms. The fourth-order valence-corrected chi connectivity index (χ4v) is 3.54. The van der Waals surface area contributed by atoms with Gasteiger partial charge in [-0.3, -0.25) is 0 Å². The summed E-state index contributed by atoms with van der Waals surface area (Å²) in [6.07, 6.45) is 2.73. The molecule has 1 aliphatic heterocycles. The van der Waals surface area contributed by atoms with Gasteiger partial charge in [0.1, 0.15) is 10.5 Å². The minimum absolute atomic E-state index is 0.561. The van der Waals surface area contributed by atoms with E-state index in [1.54, 1.807) is 18.9 Å². The van der Waals surface area contributed by atoms with Gasteiger partial charge in [0.15, 0.2) is 11.5 Å². The molecule has 126 valence electrons. The molecule has 0 aliphatic carbocycles. The Morgan fingerprint density at radius 3 is 2.72 bits per heavy atom. The number of hydrogen-bond acceptors (Lipinski definition) is 5. The van der Waals surface area contributed by atoms with Crippen molar-refractivity contribution in [2.75, 3.05) is 13.4 Å². The number of fused-ring (bicyclic) bond motifs is 2. The van der Waals surface area contributed by atoms with Crippen LogP contribution in [-0.4, -0.2) is 23.3 Å². The highest BCUT2D eigenvalue weighted by Gasteiger charge is 2.23. The molecule has 25 heavy (non-hydrogen) atoms. The number of para-hydroxylation sites is 1. The molecule has 3 aromatic rings. The van der Waals surface area contributed by atoms with Crippen molar-refractivity contribution in [3.05, 3.63) is 58.2 Å². The fraction of sp³-hybridized carbons (Fsp3) is 0.158. The van der Waals surface area contributed by atoms with E-state index in [2.05, 4.69) is 28.4 Å². The van der Waals surface area contributed by atoms with Gasteiger partial charge in [-0.05, 0) is 24.5 Å². The molecular weight excluding hydrogens is 352 g/mol. The largest absolute Gasteiger partial charge is 0.493 e. The number of thioether (sulfide) groups is 1. The van der Waals surface area contributed by atoms with Crippen LogP contribution in [0.2, 0.25) is 0 Å². The van der Waals surface area contributed by atoms with Gasteiger partial charge >= 0.3 is 0 Å². The van der Waals surface area contributed by atoms with Gasteiger partial charge in [0, 0.05) is 22.4 Å². The quantitative estimate of drug-likeness (QED) is 0.396. The Kier molecular flexibility index (Phi) is 4.23. The molecule has 0 saturated carbocycles. The number of hydrogen-bond donors (Lipinski definition) is 1. The van der Waals surface area contributed by atoms with E-state index in [-0.39, 0.29) is 0 Å². The molecule has 0 amide bonds. The average molecular weight is 368 g/mol. The zero-order valence-electron chi connectivity index (χ0n) is 13.8. The summed E-state index contributed by atoms with van der Waals surface area (Å²) in [6, 6.07) is 14.1. The molecule has 0 unspecified atom stereocenters. The van der Waals surface area contributed by atoms with Crippen molar-refractivity contribution in [3.8, 4) is 28.8 Å². The molecule has 6 heteroatoms. The summed E-state index contributed by atoms with van der Waals surface area (Å²) >= 11 is 7.22. The van der Waals surface area contributed by atoms with Crippen molar-refractivity contribution in [2.24, 2.45) is 0 Å². The fourth-order valence-electron chi connectivity index (χ4n) is 2.88. The van der Waals surface area contributed by atoms with E-state index in [1.807, 2.05) is 30.3 Å². The summed E-state index contributed by atoms with van der Waals surface area (Å²) in [4.78, 5) is 9.06. The first-order valence-corrected chi connectivity index (χ1v) is 9.44. The third-order valence-electron chi connectivity index (χ3n) is 4.19. The summed E-state index contributed by atoms with van der Waals surface area (Å²) in [6.45, 7) is 0. The molecule has 4 nitrogen and oxygen atoms in total. The van der Waals surface area contributed by atoms with Crippen LogP contribution in [0.25, 0.3) is 11.4 Å². The van der Waals surface area contributed by atoms with Crippen molar-refractivity contribution < 1.29 is 9.47 Å². The summed E-state index contributed by atoms with van der Waals surface area (Å²) in [5, 5.41) is 0. The lowest BCUT2D eigenvalue weighted by molar-refractivity contribution is 0.365.